The molecule has 2 rings (SSSR count). The van der Waals surface area contributed by atoms with Crippen LogP contribution in [0.2, 0.25) is 0 Å². The van der Waals surface area contributed by atoms with Crippen molar-refractivity contribution >= 4 is 43.2 Å². The van der Waals surface area contributed by atoms with Crippen LogP contribution >= 0.6 is 43.2 Å². The number of rotatable bonds is 2. The largest absolute Gasteiger partial charge is 0.297 e. The maximum atomic E-state index is 3.65. The molecule has 0 aromatic carbocycles. The van der Waals surface area contributed by atoms with Gasteiger partial charge in [0, 0.05) is 32.6 Å². The number of alkyl halides is 1. The second-order valence-electron chi connectivity index (χ2n) is 3.35. The third-order valence-electron chi connectivity index (χ3n) is 2.22. The first kappa shape index (κ1) is 10.1. The summed E-state index contributed by atoms with van der Waals surface area (Å²) in [5.74, 6) is 0. The van der Waals surface area contributed by atoms with Crippen LogP contribution in [0.15, 0.2) is 15.9 Å². The lowest BCUT2D eigenvalue weighted by Crippen LogP contribution is -2.19. The Hall–Kier alpha value is 0.620. The number of halogens is 2. The van der Waals surface area contributed by atoms with Crippen LogP contribution in [0.4, 0.5) is 0 Å². The van der Waals surface area contributed by atoms with Crippen molar-refractivity contribution in [2.75, 3.05) is 13.1 Å². The van der Waals surface area contributed by atoms with Crippen molar-refractivity contribution in [3.05, 3.63) is 20.8 Å². The van der Waals surface area contributed by atoms with E-state index < -0.39 is 0 Å². The maximum Gasteiger partial charge on any atom is 0.0328 e. The maximum absolute atomic E-state index is 3.65. The van der Waals surface area contributed by atoms with E-state index in [4.69, 9.17) is 0 Å². The minimum atomic E-state index is 0.705. The van der Waals surface area contributed by atoms with E-state index in [1.54, 1.807) is 0 Å². The average molecular weight is 325 g/mol. The van der Waals surface area contributed by atoms with E-state index >= 15 is 0 Å². The van der Waals surface area contributed by atoms with Crippen molar-refractivity contribution < 1.29 is 0 Å². The number of thiophene rings is 1. The molecule has 0 N–H and O–H groups in total. The molecule has 1 aliphatic heterocycles. The minimum Gasteiger partial charge on any atom is -0.297 e. The van der Waals surface area contributed by atoms with Crippen LogP contribution in [0.1, 0.15) is 11.3 Å². The fraction of sp³-hybridized carbons (Fsp3) is 0.556. The second kappa shape index (κ2) is 4.43. The lowest BCUT2D eigenvalue weighted by molar-refractivity contribution is 0.335. The second-order valence-corrected chi connectivity index (χ2v) is 6.56. The molecule has 1 aliphatic rings. The van der Waals surface area contributed by atoms with E-state index in [0.717, 1.165) is 6.54 Å². The van der Waals surface area contributed by atoms with E-state index in [1.807, 2.05) is 11.3 Å². The summed E-state index contributed by atoms with van der Waals surface area (Å²) in [6.07, 6.45) is 1.28. The quantitative estimate of drug-likeness (QED) is 0.753. The van der Waals surface area contributed by atoms with Crippen LogP contribution < -0.4 is 0 Å². The molecule has 1 atom stereocenters. The molecule has 0 aliphatic carbocycles. The van der Waals surface area contributed by atoms with Gasteiger partial charge in [0.2, 0.25) is 0 Å². The van der Waals surface area contributed by atoms with Gasteiger partial charge in [-0.1, -0.05) is 15.9 Å². The number of hydrogen-bond donors (Lipinski definition) is 0. The van der Waals surface area contributed by atoms with Crippen molar-refractivity contribution in [2.24, 2.45) is 0 Å². The van der Waals surface area contributed by atoms with Crippen LogP contribution in [0.5, 0.6) is 0 Å². The summed E-state index contributed by atoms with van der Waals surface area (Å²) >= 11 is 8.96. The van der Waals surface area contributed by atoms with Gasteiger partial charge >= 0.3 is 0 Å². The van der Waals surface area contributed by atoms with E-state index in [-0.39, 0.29) is 0 Å². The molecule has 2 heterocycles. The highest BCUT2D eigenvalue weighted by Gasteiger charge is 2.19. The standard InChI is InChI=1S/C9H11Br2NS/c10-7-1-2-12(4-7)5-9-3-8(11)6-13-9/h3,6-7H,1-2,4-5H2. The zero-order valence-corrected chi connectivity index (χ0v) is 11.2. The smallest absolute Gasteiger partial charge is 0.0328 e. The Balaban J connectivity index is 1.91. The molecular formula is C9H11Br2NS. The molecule has 1 unspecified atom stereocenters. The van der Waals surface area contributed by atoms with Gasteiger partial charge in [0.15, 0.2) is 0 Å². The van der Waals surface area contributed by atoms with Gasteiger partial charge in [-0.05, 0) is 35.0 Å². The summed E-state index contributed by atoms with van der Waals surface area (Å²) in [5.41, 5.74) is 0. The first-order chi connectivity index (χ1) is 6.24. The average Bonchev–Trinajstić information content (AvgIpc) is 2.62. The Bertz CT molecular complexity index is 287. The molecule has 1 aromatic heterocycles. The third kappa shape index (κ3) is 2.78. The summed E-state index contributed by atoms with van der Waals surface area (Å²) in [6.45, 7) is 3.53. The number of likely N-dealkylation sites (tertiary alicyclic amines) is 1. The monoisotopic (exact) mass is 323 g/mol. The first-order valence-corrected chi connectivity index (χ1v) is 6.92. The molecule has 0 amide bonds. The predicted octanol–water partition coefficient (Wildman–Crippen LogP) is 3.48. The third-order valence-corrected chi connectivity index (χ3v) is 4.65. The highest BCUT2D eigenvalue weighted by molar-refractivity contribution is 9.10. The van der Waals surface area contributed by atoms with Gasteiger partial charge in [0.25, 0.3) is 0 Å². The molecule has 1 aromatic rings. The topological polar surface area (TPSA) is 3.24 Å². The molecular weight excluding hydrogens is 314 g/mol. The van der Waals surface area contributed by atoms with Crippen LogP contribution in [-0.4, -0.2) is 22.8 Å². The normalized spacial score (nSPS) is 24.0. The molecule has 1 nitrogen and oxygen atoms in total. The van der Waals surface area contributed by atoms with E-state index in [2.05, 4.69) is 48.2 Å². The lowest BCUT2D eigenvalue weighted by atomic mass is 10.4. The summed E-state index contributed by atoms with van der Waals surface area (Å²) in [5, 5.41) is 2.15. The summed E-state index contributed by atoms with van der Waals surface area (Å²) in [6, 6.07) is 2.21. The Morgan fingerprint density at radius 2 is 2.46 bits per heavy atom. The van der Waals surface area contributed by atoms with Crippen LogP contribution in [0, 0.1) is 0 Å². The first-order valence-electron chi connectivity index (χ1n) is 4.33. The molecule has 0 spiro atoms. The summed E-state index contributed by atoms with van der Waals surface area (Å²) < 4.78 is 1.21. The highest BCUT2D eigenvalue weighted by Crippen LogP contribution is 2.24. The number of nitrogens with zero attached hydrogens (tertiary/aromatic N) is 1. The molecule has 72 valence electrons. The molecule has 1 saturated heterocycles. The number of hydrogen-bond acceptors (Lipinski definition) is 2. The summed E-state index contributed by atoms with van der Waals surface area (Å²) in [4.78, 5) is 4.65. The molecule has 13 heavy (non-hydrogen) atoms. The van der Waals surface area contributed by atoms with Gasteiger partial charge in [-0.3, -0.25) is 4.90 Å². The Morgan fingerprint density at radius 3 is 3.00 bits per heavy atom. The fourth-order valence-corrected chi connectivity index (χ4v) is 3.69. The van der Waals surface area contributed by atoms with Crippen molar-refractivity contribution in [3.8, 4) is 0 Å². The van der Waals surface area contributed by atoms with Crippen LogP contribution in [0.3, 0.4) is 0 Å². The Labute approximate surface area is 99.4 Å². The van der Waals surface area contributed by atoms with Crippen molar-refractivity contribution in [1.29, 1.82) is 0 Å². The van der Waals surface area contributed by atoms with Crippen LogP contribution in [-0.2, 0) is 6.54 Å². The predicted molar refractivity (Wildman–Crippen MR) is 64.6 cm³/mol. The van der Waals surface area contributed by atoms with Crippen molar-refractivity contribution in [2.45, 2.75) is 17.8 Å². The van der Waals surface area contributed by atoms with Gasteiger partial charge in [-0.15, -0.1) is 11.3 Å². The molecule has 1 fully saturated rings. The minimum absolute atomic E-state index is 0.705. The fourth-order valence-electron chi connectivity index (χ4n) is 1.59. The zero-order valence-electron chi connectivity index (χ0n) is 7.17. The van der Waals surface area contributed by atoms with E-state index in [1.165, 1.54) is 28.9 Å². The van der Waals surface area contributed by atoms with E-state index in [9.17, 15) is 0 Å². The lowest BCUT2D eigenvalue weighted by Gasteiger charge is -2.12. The van der Waals surface area contributed by atoms with E-state index in [0.29, 0.717) is 4.83 Å². The molecule has 0 bridgehead atoms. The molecule has 4 heteroatoms. The van der Waals surface area contributed by atoms with Crippen LogP contribution in [0.25, 0.3) is 0 Å². The Kier molecular flexibility index (Phi) is 3.46. The van der Waals surface area contributed by atoms with Crippen molar-refractivity contribution in [3.63, 3.8) is 0 Å². The van der Waals surface area contributed by atoms with Gasteiger partial charge in [-0.2, -0.15) is 0 Å². The zero-order chi connectivity index (χ0) is 9.26. The molecule has 0 saturated carbocycles. The SMILES string of the molecule is Brc1csc(CN2CCC(Br)C2)c1. The van der Waals surface area contributed by atoms with Gasteiger partial charge in [0.1, 0.15) is 0 Å². The summed E-state index contributed by atoms with van der Waals surface area (Å²) in [7, 11) is 0. The molecule has 0 radical (unpaired) electrons. The highest BCUT2D eigenvalue weighted by atomic mass is 79.9. The van der Waals surface area contributed by atoms with Gasteiger partial charge < -0.3 is 0 Å². The van der Waals surface area contributed by atoms with Crippen molar-refractivity contribution in [1.82, 2.24) is 4.90 Å². The van der Waals surface area contributed by atoms with Gasteiger partial charge in [0.05, 0.1) is 0 Å². The Morgan fingerprint density at radius 1 is 1.62 bits per heavy atom. The van der Waals surface area contributed by atoms with Gasteiger partial charge in [-0.25, -0.2) is 0 Å².